The normalized spacial score (nSPS) is 14.8. The summed E-state index contributed by atoms with van der Waals surface area (Å²) in [5.74, 6) is -4.17. The predicted octanol–water partition coefficient (Wildman–Crippen LogP) is 4.26. The summed E-state index contributed by atoms with van der Waals surface area (Å²) >= 11 is 4.42. The van der Waals surface area contributed by atoms with Crippen LogP contribution in [0.1, 0.15) is 15.9 Å². The first-order chi connectivity index (χ1) is 15.7. The maximum Gasteiger partial charge on any atom is 0.264 e. The highest BCUT2D eigenvalue weighted by Crippen LogP contribution is 2.34. The fourth-order valence-corrected chi connectivity index (χ4v) is 5.40. The van der Waals surface area contributed by atoms with Crippen LogP contribution in [-0.2, 0) is 16.6 Å². The second kappa shape index (κ2) is 9.15. The van der Waals surface area contributed by atoms with Crippen LogP contribution in [0.15, 0.2) is 70.0 Å². The third kappa shape index (κ3) is 4.89. The predicted molar refractivity (Wildman–Crippen MR) is 122 cm³/mol. The quantitative estimate of drug-likeness (QED) is 0.459. The van der Waals surface area contributed by atoms with Crippen molar-refractivity contribution in [3.8, 4) is 0 Å². The molecule has 0 atom stereocenters. The Labute approximate surface area is 199 Å². The third-order valence-corrected chi connectivity index (χ3v) is 7.24. The van der Waals surface area contributed by atoms with Crippen molar-refractivity contribution in [2.45, 2.75) is 6.54 Å². The molecular weight excluding hydrogens is 545 g/mol. The fourth-order valence-electron chi connectivity index (χ4n) is 3.07. The van der Waals surface area contributed by atoms with Gasteiger partial charge in [-0.25, -0.2) is 21.6 Å². The molecule has 13 heteroatoms. The molecule has 0 spiro atoms. The molecule has 4 rings (SSSR count). The number of hydrogen-bond donors (Lipinski definition) is 3. The topological polar surface area (TPSA) is 90.5 Å². The van der Waals surface area contributed by atoms with Crippen LogP contribution >= 0.6 is 28.1 Å². The van der Waals surface area contributed by atoms with Gasteiger partial charge in [0.05, 0.1) is 29.1 Å². The van der Waals surface area contributed by atoms with Crippen molar-refractivity contribution < 1.29 is 26.4 Å². The number of allylic oxidation sites excluding steroid dienone is 2. The summed E-state index contributed by atoms with van der Waals surface area (Å²) in [4.78, 5) is 12.7. The first-order valence-corrected chi connectivity index (χ1v) is 12.3. The van der Waals surface area contributed by atoms with Crippen LogP contribution in [-0.4, -0.2) is 18.6 Å². The zero-order valence-corrected chi connectivity index (χ0v) is 19.6. The van der Waals surface area contributed by atoms with E-state index in [1.165, 1.54) is 42.6 Å². The molecule has 2 heterocycles. The highest BCUT2D eigenvalue weighted by molar-refractivity contribution is 9.10. The summed E-state index contributed by atoms with van der Waals surface area (Å²) in [5.41, 5.74) is -0.260. The second-order valence-electron chi connectivity index (χ2n) is 6.76. The average Bonchev–Trinajstić information content (AvgIpc) is 3.21. The SMILES string of the molecule is O=C(NCc1c(F)cc(F)cc1F)c1ccc(Br)cc1NS(=O)(=O)C1=CC=CN2SNC=C12. The van der Waals surface area contributed by atoms with Crippen molar-refractivity contribution in [1.29, 1.82) is 0 Å². The van der Waals surface area contributed by atoms with Crippen LogP contribution in [0.5, 0.6) is 0 Å². The molecule has 2 aliphatic heterocycles. The van der Waals surface area contributed by atoms with Gasteiger partial charge in [-0.05, 0) is 30.4 Å². The highest BCUT2D eigenvalue weighted by atomic mass is 79.9. The summed E-state index contributed by atoms with van der Waals surface area (Å²) in [6, 6.07) is 5.26. The average molecular weight is 559 g/mol. The number of rotatable bonds is 6. The van der Waals surface area contributed by atoms with Crippen molar-refractivity contribution in [2.75, 3.05) is 4.72 Å². The molecule has 0 aromatic heterocycles. The maximum atomic E-state index is 13.9. The van der Waals surface area contributed by atoms with E-state index in [-0.39, 0.29) is 16.2 Å². The lowest BCUT2D eigenvalue weighted by Crippen LogP contribution is -2.27. The number of nitrogens with one attached hydrogen (secondary N) is 3. The Morgan fingerprint density at radius 1 is 1.15 bits per heavy atom. The minimum atomic E-state index is -4.11. The summed E-state index contributed by atoms with van der Waals surface area (Å²) in [6.45, 7) is -0.570. The van der Waals surface area contributed by atoms with Gasteiger partial charge in [0.25, 0.3) is 15.9 Å². The Morgan fingerprint density at radius 3 is 2.61 bits per heavy atom. The number of carbonyl (C=O) groups excluding carboxylic acids is 1. The molecule has 0 unspecified atom stereocenters. The molecule has 172 valence electrons. The van der Waals surface area contributed by atoms with E-state index in [0.717, 1.165) is 0 Å². The van der Waals surface area contributed by atoms with Crippen LogP contribution in [0.4, 0.5) is 18.9 Å². The van der Waals surface area contributed by atoms with Gasteiger partial charge in [0.1, 0.15) is 22.4 Å². The standard InChI is InChI=1S/C20H14BrF3N4O3S2/c21-11-3-4-13(20(29)25-9-14-15(23)7-12(22)8-16(14)24)17(6-11)27-33(30,31)19-2-1-5-28-18(19)10-26-32-28/h1-8,10,26-27H,9H2,(H,25,29). The van der Waals surface area contributed by atoms with Crippen molar-refractivity contribution in [3.63, 3.8) is 0 Å². The van der Waals surface area contributed by atoms with Gasteiger partial charge < -0.3 is 10.0 Å². The molecule has 2 aromatic rings. The monoisotopic (exact) mass is 558 g/mol. The minimum Gasteiger partial charge on any atom is -0.348 e. The molecule has 3 N–H and O–H groups in total. The van der Waals surface area contributed by atoms with E-state index >= 15 is 0 Å². The number of sulfonamides is 1. The van der Waals surface area contributed by atoms with E-state index in [1.807, 2.05) is 0 Å². The Morgan fingerprint density at radius 2 is 1.88 bits per heavy atom. The van der Waals surface area contributed by atoms with Gasteiger partial charge in [-0.15, -0.1) is 0 Å². The maximum absolute atomic E-state index is 13.9. The molecule has 1 amide bonds. The largest absolute Gasteiger partial charge is 0.348 e. The molecule has 0 fully saturated rings. The van der Waals surface area contributed by atoms with Gasteiger partial charge in [-0.3, -0.25) is 13.8 Å². The molecule has 2 aliphatic rings. The molecule has 0 saturated heterocycles. The van der Waals surface area contributed by atoms with Crippen LogP contribution in [0.25, 0.3) is 0 Å². The Bertz CT molecular complexity index is 1320. The number of fused-ring (bicyclic) bond motifs is 1. The Balaban J connectivity index is 1.59. The van der Waals surface area contributed by atoms with Crippen molar-refractivity contribution in [1.82, 2.24) is 14.3 Å². The van der Waals surface area contributed by atoms with Crippen molar-refractivity contribution in [2.24, 2.45) is 0 Å². The summed E-state index contributed by atoms with van der Waals surface area (Å²) in [6.07, 6.45) is 6.18. The number of halogens is 4. The smallest absolute Gasteiger partial charge is 0.264 e. The van der Waals surface area contributed by atoms with Crippen molar-refractivity contribution >= 4 is 49.7 Å². The van der Waals surface area contributed by atoms with E-state index in [0.29, 0.717) is 22.3 Å². The summed E-state index contributed by atoms with van der Waals surface area (Å²) < 4.78 is 74.4. The van der Waals surface area contributed by atoms with E-state index in [9.17, 15) is 26.4 Å². The van der Waals surface area contributed by atoms with Crippen LogP contribution in [0.3, 0.4) is 0 Å². The lowest BCUT2D eigenvalue weighted by Gasteiger charge is -2.21. The molecule has 2 aromatic carbocycles. The Kier molecular flexibility index (Phi) is 6.45. The van der Waals surface area contributed by atoms with E-state index < -0.39 is 45.5 Å². The Hall–Kier alpha value is -2.90. The first-order valence-electron chi connectivity index (χ1n) is 9.20. The van der Waals surface area contributed by atoms with Gasteiger partial charge >= 0.3 is 0 Å². The second-order valence-corrected chi connectivity index (χ2v) is 10.1. The van der Waals surface area contributed by atoms with Crippen molar-refractivity contribution in [3.05, 3.63) is 98.5 Å². The van der Waals surface area contributed by atoms with Crippen LogP contribution in [0.2, 0.25) is 0 Å². The van der Waals surface area contributed by atoms with Gasteiger partial charge in [0.15, 0.2) is 0 Å². The molecule has 0 aliphatic carbocycles. The number of carbonyl (C=O) groups is 1. The van der Waals surface area contributed by atoms with Crippen LogP contribution in [0, 0.1) is 17.5 Å². The molecule has 0 radical (unpaired) electrons. The summed E-state index contributed by atoms with van der Waals surface area (Å²) in [7, 11) is -4.11. The van der Waals surface area contributed by atoms with E-state index in [4.69, 9.17) is 0 Å². The highest BCUT2D eigenvalue weighted by Gasteiger charge is 2.30. The third-order valence-electron chi connectivity index (χ3n) is 4.60. The number of benzene rings is 2. The first kappa shape index (κ1) is 23.3. The molecule has 33 heavy (non-hydrogen) atoms. The number of hydrogen-bond acceptors (Lipinski definition) is 6. The number of nitrogens with zero attached hydrogens (tertiary/aromatic N) is 1. The number of anilines is 1. The zero-order valence-electron chi connectivity index (χ0n) is 16.4. The molecule has 0 bridgehead atoms. The van der Waals surface area contributed by atoms with Gasteiger partial charge in [0.2, 0.25) is 0 Å². The van der Waals surface area contributed by atoms with Gasteiger partial charge in [-0.1, -0.05) is 15.9 Å². The van der Waals surface area contributed by atoms with Gasteiger partial charge in [-0.2, -0.15) is 0 Å². The van der Waals surface area contributed by atoms with Crippen LogP contribution < -0.4 is 14.8 Å². The molecule has 0 saturated carbocycles. The molecule has 7 nitrogen and oxygen atoms in total. The number of amides is 1. The van der Waals surface area contributed by atoms with E-state index in [2.05, 4.69) is 30.7 Å². The minimum absolute atomic E-state index is 0.0238. The lowest BCUT2D eigenvalue weighted by atomic mass is 10.1. The summed E-state index contributed by atoms with van der Waals surface area (Å²) in [5, 5.41) is 2.33. The fraction of sp³-hybridized carbons (Fsp3) is 0.0500. The lowest BCUT2D eigenvalue weighted by molar-refractivity contribution is 0.0951. The zero-order chi connectivity index (χ0) is 23.8. The molecular formula is C20H14BrF3N4O3S2. The van der Waals surface area contributed by atoms with E-state index in [1.54, 1.807) is 16.6 Å². The van der Waals surface area contributed by atoms with Gasteiger partial charge in [0, 0.05) is 41.1 Å².